The summed E-state index contributed by atoms with van der Waals surface area (Å²) in [7, 11) is 1.83. The Balaban J connectivity index is 0.000000219. The number of carboxylic acid groups (broad SMARTS) is 1. The minimum absolute atomic E-state index is 0.140. The van der Waals surface area contributed by atoms with Crippen LogP contribution in [0.25, 0.3) is 0 Å². The molecule has 0 aromatic heterocycles. The van der Waals surface area contributed by atoms with E-state index in [9.17, 15) is 4.79 Å². The van der Waals surface area contributed by atoms with Gasteiger partial charge in [0, 0.05) is 12.6 Å². The molecule has 3 rings (SSSR count). The van der Waals surface area contributed by atoms with E-state index in [-0.39, 0.29) is 12.6 Å². The number of rotatable bonds is 4. The second kappa shape index (κ2) is 9.17. The molecular weight excluding hydrogens is 304 g/mol. The quantitative estimate of drug-likeness (QED) is 0.797. The van der Waals surface area contributed by atoms with Gasteiger partial charge in [0.25, 0.3) is 0 Å². The summed E-state index contributed by atoms with van der Waals surface area (Å²) in [4.78, 5) is 12.7. The van der Waals surface area contributed by atoms with E-state index in [4.69, 9.17) is 10.2 Å². The average molecular weight is 328 g/mol. The third-order valence-electron chi connectivity index (χ3n) is 3.93. The van der Waals surface area contributed by atoms with Gasteiger partial charge in [0.15, 0.2) is 6.17 Å². The van der Waals surface area contributed by atoms with E-state index < -0.39 is 12.1 Å². The van der Waals surface area contributed by atoms with E-state index in [0.717, 1.165) is 18.5 Å². The number of carboxylic acids is 1. The number of benzene rings is 2. The van der Waals surface area contributed by atoms with Crippen LogP contribution in [0.15, 0.2) is 60.7 Å². The first kappa shape index (κ1) is 18.1. The summed E-state index contributed by atoms with van der Waals surface area (Å²) < 4.78 is 0. The number of nitrogens with zero attached hydrogens (tertiary/aromatic N) is 1. The highest BCUT2D eigenvalue weighted by Gasteiger charge is 2.33. The molecule has 0 aliphatic carbocycles. The van der Waals surface area contributed by atoms with Gasteiger partial charge in [0.05, 0.1) is 6.61 Å². The van der Waals surface area contributed by atoms with Gasteiger partial charge < -0.3 is 10.2 Å². The van der Waals surface area contributed by atoms with E-state index in [2.05, 4.69) is 17.4 Å². The van der Waals surface area contributed by atoms with Gasteiger partial charge in [-0.15, -0.1) is 0 Å². The Bertz CT molecular complexity index is 619. The molecule has 2 unspecified atom stereocenters. The molecule has 2 aromatic rings. The predicted molar refractivity (Wildman–Crippen MR) is 93.5 cm³/mol. The fourth-order valence-corrected chi connectivity index (χ4v) is 2.72. The number of aliphatic carboxylic acids is 1. The van der Waals surface area contributed by atoms with Crippen molar-refractivity contribution < 1.29 is 15.0 Å². The zero-order valence-electron chi connectivity index (χ0n) is 13.8. The summed E-state index contributed by atoms with van der Waals surface area (Å²) in [5, 5.41) is 20.6. The maximum atomic E-state index is 10.9. The van der Waals surface area contributed by atoms with Gasteiger partial charge in [-0.3, -0.25) is 10.2 Å². The number of aliphatic hydroxyl groups is 1. The van der Waals surface area contributed by atoms with Crippen molar-refractivity contribution in [2.24, 2.45) is 0 Å². The van der Waals surface area contributed by atoms with Gasteiger partial charge in [0.2, 0.25) is 0 Å². The van der Waals surface area contributed by atoms with Crippen LogP contribution in [0.1, 0.15) is 11.1 Å². The van der Waals surface area contributed by atoms with Gasteiger partial charge in [0.1, 0.15) is 0 Å². The van der Waals surface area contributed by atoms with Gasteiger partial charge >= 0.3 is 5.97 Å². The van der Waals surface area contributed by atoms with Crippen LogP contribution in [0.2, 0.25) is 0 Å². The molecule has 2 aromatic carbocycles. The van der Waals surface area contributed by atoms with E-state index in [1.807, 2.05) is 60.5 Å². The molecule has 0 radical (unpaired) electrons. The molecular formula is C19H24N2O3. The average Bonchev–Trinajstić information content (AvgIpc) is 2.97. The topological polar surface area (TPSA) is 72.8 Å². The smallest absolute Gasteiger partial charge is 0.335 e. The van der Waals surface area contributed by atoms with Crippen LogP contribution in [0.5, 0.6) is 0 Å². The lowest BCUT2D eigenvalue weighted by Crippen LogP contribution is -2.41. The van der Waals surface area contributed by atoms with Crippen LogP contribution in [0.3, 0.4) is 0 Å². The standard InChI is InChI=1S/C12H16N2O2.C7H8O/c1-14-8-10(13-11(14)12(15)16)7-9-5-3-2-4-6-9;8-6-7-4-2-1-3-5-7/h2-6,10-11,13H,7-8H2,1H3,(H,15,16);1-5,8H,6H2. The molecule has 0 saturated carbocycles. The summed E-state index contributed by atoms with van der Waals surface area (Å²) >= 11 is 0. The molecule has 1 heterocycles. The Morgan fingerprint density at radius 3 is 2.04 bits per heavy atom. The van der Waals surface area contributed by atoms with Crippen molar-refractivity contribution in [1.29, 1.82) is 0 Å². The summed E-state index contributed by atoms with van der Waals surface area (Å²) in [6.07, 6.45) is 0.323. The van der Waals surface area contributed by atoms with Crippen molar-refractivity contribution in [1.82, 2.24) is 10.2 Å². The Kier molecular flexibility index (Phi) is 6.93. The van der Waals surface area contributed by atoms with Crippen molar-refractivity contribution in [2.45, 2.75) is 25.2 Å². The third-order valence-corrected chi connectivity index (χ3v) is 3.93. The number of likely N-dealkylation sites (N-methyl/N-ethyl adjacent to an activating group) is 1. The summed E-state index contributed by atoms with van der Waals surface area (Å²) in [6, 6.07) is 19.9. The molecule has 1 fully saturated rings. The number of aliphatic hydroxyl groups excluding tert-OH is 1. The summed E-state index contributed by atoms with van der Waals surface area (Å²) in [5.41, 5.74) is 2.20. The van der Waals surface area contributed by atoms with Crippen LogP contribution in [-0.4, -0.2) is 46.9 Å². The zero-order valence-corrected chi connectivity index (χ0v) is 13.8. The zero-order chi connectivity index (χ0) is 17.4. The molecule has 1 aliphatic rings. The lowest BCUT2D eigenvalue weighted by atomic mass is 10.1. The fourth-order valence-electron chi connectivity index (χ4n) is 2.72. The van der Waals surface area contributed by atoms with Gasteiger partial charge in [-0.25, -0.2) is 4.79 Å². The van der Waals surface area contributed by atoms with Crippen molar-refractivity contribution in [3.63, 3.8) is 0 Å². The van der Waals surface area contributed by atoms with Gasteiger partial charge in [-0.2, -0.15) is 0 Å². The number of hydrogen-bond acceptors (Lipinski definition) is 4. The predicted octanol–water partition coefficient (Wildman–Crippen LogP) is 1.72. The van der Waals surface area contributed by atoms with Crippen LogP contribution in [0.4, 0.5) is 0 Å². The summed E-state index contributed by atoms with van der Waals surface area (Å²) in [5.74, 6) is -0.807. The molecule has 0 bridgehead atoms. The Morgan fingerprint density at radius 2 is 1.62 bits per heavy atom. The van der Waals surface area contributed by atoms with E-state index >= 15 is 0 Å². The van der Waals surface area contributed by atoms with Crippen molar-refractivity contribution in [2.75, 3.05) is 13.6 Å². The molecule has 0 amide bonds. The van der Waals surface area contributed by atoms with E-state index in [1.165, 1.54) is 5.56 Å². The van der Waals surface area contributed by atoms with Crippen molar-refractivity contribution >= 4 is 5.97 Å². The second-order valence-corrected chi connectivity index (χ2v) is 5.88. The molecule has 24 heavy (non-hydrogen) atoms. The van der Waals surface area contributed by atoms with Crippen LogP contribution in [0, 0.1) is 0 Å². The van der Waals surface area contributed by atoms with Gasteiger partial charge in [-0.05, 0) is 24.6 Å². The van der Waals surface area contributed by atoms with Crippen LogP contribution < -0.4 is 5.32 Å². The number of nitrogens with one attached hydrogen (secondary N) is 1. The monoisotopic (exact) mass is 328 g/mol. The van der Waals surface area contributed by atoms with Crippen LogP contribution in [-0.2, 0) is 17.8 Å². The largest absolute Gasteiger partial charge is 0.479 e. The highest BCUT2D eigenvalue weighted by Crippen LogP contribution is 2.11. The molecule has 1 saturated heterocycles. The first-order valence-corrected chi connectivity index (χ1v) is 7.98. The molecule has 2 atom stereocenters. The first-order chi connectivity index (χ1) is 11.6. The third kappa shape index (κ3) is 5.45. The van der Waals surface area contributed by atoms with Crippen LogP contribution >= 0.6 is 0 Å². The SMILES string of the molecule is CN1CC(Cc2ccccc2)NC1C(=O)O.OCc1ccccc1. The highest BCUT2D eigenvalue weighted by molar-refractivity contribution is 5.73. The maximum absolute atomic E-state index is 10.9. The normalized spacial score (nSPS) is 20.2. The number of carbonyl (C=O) groups is 1. The number of hydrogen-bond donors (Lipinski definition) is 3. The van der Waals surface area contributed by atoms with E-state index in [0.29, 0.717) is 0 Å². The lowest BCUT2D eigenvalue weighted by molar-refractivity contribution is -0.142. The van der Waals surface area contributed by atoms with E-state index in [1.54, 1.807) is 0 Å². The first-order valence-electron chi connectivity index (χ1n) is 7.98. The second-order valence-electron chi connectivity index (χ2n) is 5.88. The lowest BCUT2D eigenvalue weighted by Gasteiger charge is -2.12. The Morgan fingerprint density at radius 1 is 1.08 bits per heavy atom. The molecule has 3 N–H and O–H groups in total. The molecule has 0 spiro atoms. The molecule has 1 aliphatic heterocycles. The Hall–Kier alpha value is -2.21. The molecule has 5 heteroatoms. The maximum Gasteiger partial charge on any atom is 0.335 e. The fraction of sp³-hybridized carbons (Fsp3) is 0.316. The molecule has 5 nitrogen and oxygen atoms in total. The highest BCUT2D eigenvalue weighted by atomic mass is 16.4. The Labute approximate surface area is 142 Å². The minimum Gasteiger partial charge on any atom is -0.479 e. The van der Waals surface area contributed by atoms with Crippen molar-refractivity contribution in [3.8, 4) is 0 Å². The summed E-state index contributed by atoms with van der Waals surface area (Å²) in [6.45, 7) is 0.909. The van der Waals surface area contributed by atoms with Gasteiger partial charge in [-0.1, -0.05) is 60.7 Å². The van der Waals surface area contributed by atoms with Crippen molar-refractivity contribution in [3.05, 3.63) is 71.8 Å². The molecule has 128 valence electrons. The minimum atomic E-state index is -0.807.